The maximum Gasteiger partial charge on any atom is 0.261 e. The van der Waals surface area contributed by atoms with Gasteiger partial charge in [0.2, 0.25) is 8.32 Å². The maximum atomic E-state index is 9.39. The fourth-order valence-corrected chi connectivity index (χ4v) is 19.4. The van der Waals surface area contributed by atoms with E-state index in [1.165, 1.54) is 16.8 Å². The molecule has 0 aromatic heterocycles. The summed E-state index contributed by atoms with van der Waals surface area (Å²) in [5, 5.41) is 12.0. The fraction of sp³-hybridized carbons (Fsp3) is 0.707. The monoisotopic (exact) mass is 696 g/mol. The molecule has 2 fully saturated rings. The highest BCUT2D eigenvalue weighted by atomic mass is 28.4. The number of aliphatic hydroxyl groups excluding tert-OH is 1. The van der Waals surface area contributed by atoms with Crippen LogP contribution < -0.4 is 10.4 Å². The van der Waals surface area contributed by atoms with Gasteiger partial charge in [0.05, 0.1) is 30.5 Å². The van der Waals surface area contributed by atoms with Gasteiger partial charge in [-0.2, -0.15) is 0 Å². The van der Waals surface area contributed by atoms with Gasteiger partial charge in [0, 0.05) is 13.2 Å². The molecule has 5 atom stereocenters. The minimum Gasteiger partial charge on any atom is -0.413 e. The van der Waals surface area contributed by atoms with Crippen molar-refractivity contribution < 1.29 is 23.4 Å². The summed E-state index contributed by atoms with van der Waals surface area (Å²) in [6, 6.07) is 21.9. The largest absolute Gasteiger partial charge is 0.413 e. The van der Waals surface area contributed by atoms with Crippen molar-refractivity contribution in [3.8, 4) is 0 Å². The lowest BCUT2D eigenvalue weighted by Gasteiger charge is -2.48. The molecule has 7 heteroatoms. The molecule has 0 saturated carbocycles. The molecule has 2 heterocycles. The van der Waals surface area contributed by atoms with Gasteiger partial charge in [0.25, 0.3) is 8.32 Å². The van der Waals surface area contributed by atoms with Gasteiger partial charge in [-0.1, -0.05) is 123 Å². The first-order valence-electron chi connectivity index (χ1n) is 19.2. The zero-order valence-electron chi connectivity index (χ0n) is 31.8. The molecule has 0 unspecified atom stereocenters. The Kier molecular flexibility index (Phi) is 14.6. The highest BCUT2D eigenvalue weighted by Gasteiger charge is 2.51. The fourth-order valence-electron chi connectivity index (χ4n) is 9.28. The third-order valence-corrected chi connectivity index (χ3v) is 22.5. The zero-order valence-corrected chi connectivity index (χ0v) is 33.8. The number of hydrogen-bond acceptors (Lipinski definition) is 5. The Hall–Kier alpha value is -1.33. The number of ether oxygens (including phenoxy) is 2. The van der Waals surface area contributed by atoms with E-state index >= 15 is 0 Å². The average Bonchev–Trinajstić information content (AvgIpc) is 3.04. The van der Waals surface area contributed by atoms with E-state index in [-0.39, 0.29) is 42.2 Å². The van der Waals surface area contributed by atoms with Crippen LogP contribution in [-0.4, -0.2) is 65.5 Å². The van der Waals surface area contributed by atoms with E-state index in [1.807, 2.05) is 0 Å². The van der Waals surface area contributed by atoms with Crippen LogP contribution in [0.4, 0.5) is 0 Å². The SMILES string of the molecule is CC(C)[Si](O[C@H]1C[C@@H](CCO[Si](c2ccccc2)(c2ccccc2)C(C)(C)C)O[C@@H](C[C@@H]2CCC[C@H](CCCO)O2)C1)(C(C)C)C(C)C. The zero-order chi connectivity index (χ0) is 35.0. The summed E-state index contributed by atoms with van der Waals surface area (Å²) >= 11 is 0. The third-order valence-electron chi connectivity index (χ3n) is 11.3. The average molecular weight is 697 g/mol. The van der Waals surface area contributed by atoms with Gasteiger partial charge in [-0.15, -0.1) is 0 Å². The maximum absolute atomic E-state index is 9.39. The smallest absolute Gasteiger partial charge is 0.261 e. The molecule has 48 heavy (non-hydrogen) atoms. The molecule has 0 spiro atoms. The number of rotatable bonds is 16. The Morgan fingerprint density at radius 2 is 1.25 bits per heavy atom. The van der Waals surface area contributed by atoms with Crippen molar-refractivity contribution in [2.75, 3.05) is 13.2 Å². The number of benzene rings is 2. The Bertz CT molecular complexity index is 1140. The second-order valence-corrected chi connectivity index (χ2v) is 26.3. The van der Waals surface area contributed by atoms with E-state index in [0.717, 1.165) is 51.4 Å². The van der Waals surface area contributed by atoms with E-state index in [4.69, 9.17) is 18.3 Å². The van der Waals surface area contributed by atoms with E-state index in [2.05, 4.69) is 123 Å². The van der Waals surface area contributed by atoms with Crippen molar-refractivity contribution in [1.82, 2.24) is 0 Å². The van der Waals surface area contributed by atoms with E-state index in [9.17, 15) is 5.11 Å². The Morgan fingerprint density at radius 3 is 1.77 bits per heavy atom. The van der Waals surface area contributed by atoms with Gasteiger partial charge in [-0.3, -0.25) is 0 Å². The molecule has 0 bridgehead atoms. The summed E-state index contributed by atoms with van der Waals surface area (Å²) in [7, 11) is -4.68. The van der Waals surface area contributed by atoms with Gasteiger partial charge >= 0.3 is 0 Å². The summed E-state index contributed by atoms with van der Waals surface area (Å²) in [6.07, 6.45) is 9.61. The molecule has 0 amide bonds. The predicted molar refractivity (Wildman–Crippen MR) is 205 cm³/mol. The van der Waals surface area contributed by atoms with Crippen LogP contribution in [0.25, 0.3) is 0 Å². The second kappa shape index (κ2) is 17.7. The molecule has 2 saturated heterocycles. The van der Waals surface area contributed by atoms with Crippen LogP contribution in [0.3, 0.4) is 0 Å². The van der Waals surface area contributed by atoms with Crippen molar-refractivity contribution >= 4 is 27.0 Å². The van der Waals surface area contributed by atoms with Crippen LogP contribution in [0.1, 0.15) is 120 Å². The second-order valence-electron chi connectivity index (χ2n) is 16.6. The van der Waals surface area contributed by atoms with Crippen LogP contribution >= 0.6 is 0 Å². The topological polar surface area (TPSA) is 57.2 Å². The van der Waals surface area contributed by atoms with Gasteiger partial charge in [-0.25, -0.2) is 0 Å². The summed E-state index contributed by atoms with van der Waals surface area (Å²) in [4.78, 5) is 0. The van der Waals surface area contributed by atoms with Gasteiger partial charge < -0.3 is 23.4 Å². The summed E-state index contributed by atoms with van der Waals surface area (Å²) in [5.41, 5.74) is 1.64. The first-order valence-corrected chi connectivity index (χ1v) is 23.2. The van der Waals surface area contributed by atoms with E-state index < -0.39 is 16.6 Å². The Morgan fingerprint density at radius 1 is 0.729 bits per heavy atom. The summed E-state index contributed by atoms with van der Waals surface area (Å²) in [5.74, 6) is 0. The third kappa shape index (κ3) is 9.31. The van der Waals surface area contributed by atoms with Crippen molar-refractivity contribution in [2.45, 2.75) is 172 Å². The van der Waals surface area contributed by atoms with Crippen LogP contribution in [0.5, 0.6) is 0 Å². The van der Waals surface area contributed by atoms with Gasteiger partial charge in [0.15, 0.2) is 0 Å². The molecule has 5 nitrogen and oxygen atoms in total. The molecule has 270 valence electrons. The normalized spacial score (nSPS) is 24.5. The molecule has 0 radical (unpaired) electrons. The Balaban J connectivity index is 1.57. The number of aliphatic hydroxyl groups is 1. The molecule has 0 aliphatic carbocycles. The lowest BCUT2D eigenvalue weighted by molar-refractivity contribution is -0.131. The molecule has 1 N–H and O–H groups in total. The van der Waals surface area contributed by atoms with Crippen molar-refractivity contribution in [2.24, 2.45) is 0 Å². The highest BCUT2D eigenvalue weighted by molar-refractivity contribution is 6.99. The summed E-state index contributed by atoms with van der Waals surface area (Å²) in [6.45, 7) is 22.3. The van der Waals surface area contributed by atoms with Crippen LogP contribution in [0, 0.1) is 0 Å². The van der Waals surface area contributed by atoms with Crippen molar-refractivity contribution in [1.29, 1.82) is 0 Å². The van der Waals surface area contributed by atoms with Crippen molar-refractivity contribution in [3.05, 3.63) is 60.7 Å². The van der Waals surface area contributed by atoms with Crippen LogP contribution in [0.15, 0.2) is 60.7 Å². The highest BCUT2D eigenvalue weighted by Crippen LogP contribution is 2.45. The summed E-state index contributed by atoms with van der Waals surface area (Å²) < 4.78 is 28.4. The molecule has 2 aromatic rings. The lowest BCUT2D eigenvalue weighted by Crippen LogP contribution is -2.66. The number of hydrogen-bond donors (Lipinski definition) is 1. The molecule has 2 aliphatic heterocycles. The molecular weight excluding hydrogens is 629 g/mol. The standard InChI is InChI=1S/C41H68O5Si2/c1-31(2)47(32(3)4,33(5)6)46-38-29-36(45-37(30-38)28-35-19-16-18-34(44-35)20-17-26-42)25-27-43-48(41(7,8)9,39-21-12-10-13-22-39)40-23-14-11-15-24-40/h10-15,21-24,31-38,42H,16-20,25-30H2,1-9H3/t34-,35+,36-,37+,38+/m1/s1. The minimum absolute atomic E-state index is 0.0564. The molecule has 4 rings (SSSR count). The lowest BCUT2D eigenvalue weighted by atomic mass is 9.92. The predicted octanol–water partition coefficient (Wildman–Crippen LogP) is 9.16. The van der Waals surface area contributed by atoms with Gasteiger partial charge in [0.1, 0.15) is 0 Å². The first-order chi connectivity index (χ1) is 22.8. The van der Waals surface area contributed by atoms with Crippen LogP contribution in [-0.2, 0) is 18.3 Å². The molecule has 2 aromatic carbocycles. The Labute approximate surface area is 295 Å². The molecular formula is C41H68O5Si2. The van der Waals surface area contributed by atoms with Gasteiger partial charge in [-0.05, 0) is 89.8 Å². The molecule has 2 aliphatic rings. The van der Waals surface area contributed by atoms with Crippen LogP contribution in [0.2, 0.25) is 21.7 Å². The first kappa shape index (κ1) is 39.5. The van der Waals surface area contributed by atoms with E-state index in [0.29, 0.717) is 23.2 Å². The quantitative estimate of drug-likeness (QED) is 0.178. The minimum atomic E-state index is -2.62. The van der Waals surface area contributed by atoms with Crippen molar-refractivity contribution in [3.63, 3.8) is 0 Å². The van der Waals surface area contributed by atoms with E-state index in [1.54, 1.807) is 0 Å².